The number of fused-ring (bicyclic) bond motifs is 1. The number of hydrogen-bond acceptors (Lipinski definition) is 3. The second kappa shape index (κ2) is 5.08. The highest BCUT2D eigenvalue weighted by molar-refractivity contribution is 6.32. The first-order valence-electron chi connectivity index (χ1n) is 5.46. The summed E-state index contributed by atoms with van der Waals surface area (Å²) in [4.78, 5) is 15.3. The molecule has 0 aliphatic carbocycles. The number of pyridine rings is 1. The average molecular weight is 289 g/mol. The van der Waals surface area contributed by atoms with Crippen LogP contribution >= 0.6 is 11.6 Å². The summed E-state index contributed by atoms with van der Waals surface area (Å²) in [7, 11) is 1.65. The first-order valence-corrected chi connectivity index (χ1v) is 5.89. The largest absolute Gasteiger partial charge is 0.323 e. The molecule has 2 rings (SSSR count). The first-order chi connectivity index (χ1) is 8.90. The van der Waals surface area contributed by atoms with Gasteiger partial charge >= 0.3 is 0 Å². The van der Waals surface area contributed by atoms with Gasteiger partial charge in [-0.2, -0.15) is 5.10 Å². The Balaban J connectivity index is 2.52. The molecule has 0 aliphatic rings. The molecule has 19 heavy (non-hydrogen) atoms. The molecule has 2 heterocycles. The van der Waals surface area contributed by atoms with Gasteiger partial charge in [-0.25, -0.2) is 13.8 Å². The molecule has 0 aliphatic heterocycles. The van der Waals surface area contributed by atoms with E-state index in [1.54, 1.807) is 7.05 Å². The Hall–Kier alpha value is -1.76. The number of hydrogen-bond donors (Lipinski definition) is 1. The Morgan fingerprint density at radius 1 is 1.53 bits per heavy atom. The van der Waals surface area contributed by atoms with E-state index < -0.39 is 23.4 Å². The molecule has 5 nitrogen and oxygen atoms in total. The highest BCUT2D eigenvalue weighted by atomic mass is 35.5. The smallest absolute Gasteiger partial charge is 0.282 e. The molecule has 1 atom stereocenters. The minimum absolute atomic E-state index is 0.0522. The minimum atomic E-state index is -2.80. The van der Waals surface area contributed by atoms with Gasteiger partial charge in [0.05, 0.1) is 17.4 Å². The van der Waals surface area contributed by atoms with Gasteiger partial charge in [-0.05, 0) is 13.0 Å². The van der Waals surface area contributed by atoms with Crippen molar-refractivity contribution >= 4 is 34.2 Å². The second-order valence-corrected chi connectivity index (χ2v) is 4.65. The number of carbonyl (C=O) groups excluding carboxylic acids is 1. The zero-order valence-corrected chi connectivity index (χ0v) is 10.9. The van der Waals surface area contributed by atoms with Crippen LogP contribution in [-0.4, -0.2) is 26.0 Å². The standard InChI is InChI=1S/C11H11ClF2N4O/c1-5(12)11(19)17-6-3-8-7(4-15-18(8)2)16-9(6)10(13)14/h3-5,10H,1-2H3,(H,17,19). The van der Waals surface area contributed by atoms with Crippen molar-refractivity contribution in [2.75, 3.05) is 5.32 Å². The lowest BCUT2D eigenvalue weighted by atomic mass is 10.2. The van der Waals surface area contributed by atoms with E-state index in [2.05, 4.69) is 15.4 Å². The maximum absolute atomic E-state index is 12.9. The van der Waals surface area contributed by atoms with Crippen molar-refractivity contribution in [3.8, 4) is 0 Å². The first kappa shape index (κ1) is 13.7. The third-order valence-corrected chi connectivity index (χ3v) is 2.79. The van der Waals surface area contributed by atoms with Crippen LogP contribution in [0.5, 0.6) is 0 Å². The molecule has 0 radical (unpaired) electrons. The fourth-order valence-corrected chi connectivity index (χ4v) is 1.64. The lowest BCUT2D eigenvalue weighted by molar-refractivity contribution is -0.115. The summed E-state index contributed by atoms with van der Waals surface area (Å²) in [6, 6.07) is 1.41. The van der Waals surface area contributed by atoms with Crippen LogP contribution in [0.2, 0.25) is 0 Å². The van der Waals surface area contributed by atoms with Crippen molar-refractivity contribution < 1.29 is 13.6 Å². The van der Waals surface area contributed by atoms with E-state index in [0.717, 1.165) is 0 Å². The molecule has 0 spiro atoms. The van der Waals surface area contributed by atoms with E-state index in [0.29, 0.717) is 11.0 Å². The zero-order chi connectivity index (χ0) is 14.2. The fourth-order valence-electron chi connectivity index (χ4n) is 1.59. The van der Waals surface area contributed by atoms with Gasteiger partial charge < -0.3 is 5.32 Å². The Morgan fingerprint density at radius 2 is 2.21 bits per heavy atom. The highest BCUT2D eigenvalue weighted by Crippen LogP contribution is 2.28. The van der Waals surface area contributed by atoms with E-state index in [9.17, 15) is 13.6 Å². The quantitative estimate of drug-likeness (QED) is 0.883. The van der Waals surface area contributed by atoms with Gasteiger partial charge in [-0.15, -0.1) is 11.6 Å². The number of halogens is 3. The van der Waals surface area contributed by atoms with Gasteiger partial charge in [0.2, 0.25) is 5.91 Å². The predicted molar refractivity (Wildman–Crippen MR) is 67.4 cm³/mol. The molecule has 0 fully saturated rings. The summed E-state index contributed by atoms with van der Waals surface area (Å²) in [5.74, 6) is -0.563. The monoisotopic (exact) mass is 288 g/mol. The fraction of sp³-hybridized carbons (Fsp3) is 0.364. The van der Waals surface area contributed by atoms with Gasteiger partial charge in [-0.3, -0.25) is 9.48 Å². The Labute approximate surface area is 112 Å². The predicted octanol–water partition coefficient (Wildman–Crippen LogP) is 2.47. The number of carbonyl (C=O) groups is 1. The van der Waals surface area contributed by atoms with Crippen molar-refractivity contribution in [1.29, 1.82) is 0 Å². The van der Waals surface area contributed by atoms with E-state index in [1.165, 1.54) is 23.9 Å². The number of amides is 1. The maximum Gasteiger partial charge on any atom is 0.282 e. The lowest BCUT2D eigenvalue weighted by Crippen LogP contribution is -2.21. The Morgan fingerprint density at radius 3 is 2.79 bits per heavy atom. The van der Waals surface area contributed by atoms with Crippen molar-refractivity contribution in [2.45, 2.75) is 18.7 Å². The summed E-state index contributed by atoms with van der Waals surface area (Å²) >= 11 is 5.60. The molecule has 0 saturated heterocycles. The molecule has 0 bridgehead atoms. The van der Waals surface area contributed by atoms with Crippen LogP contribution < -0.4 is 5.32 Å². The van der Waals surface area contributed by atoms with Crippen molar-refractivity contribution in [3.05, 3.63) is 18.0 Å². The Bertz CT molecular complexity index is 626. The molecule has 1 N–H and O–H groups in total. The van der Waals surface area contributed by atoms with Gasteiger partial charge in [-0.1, -0.05) is 0 Å². The van der Waals surface area contributed by atoms with Gasteiger partial charge in [0.15, 0.2) is 0 Å². The molecule has 2 aromatic rings. The third kappa shape index (κ3) is 2.65. The third-order valence-electron chi connectivity index (χ3n) is 2.59. The van der Waals surface area contributed by atoms with Crippen LogP contribution in [0.4, 0.5) is 14.5 Å². The SMILES string of the molecule is CC(Cl)C(=O)Nc1cc2c(cnn2C)nc1C(F)F. The molecule has 8 heteroatoms. The highest BCUT2D eigenvalue weighted by Gasteiger charge is 2.20. The minimum Gasteiger partial charge on any atom is -0.323 e. The number of aryl methyl sites for hydroxylation is 1. The summed E-state index contributed by atoms with van der Waals surface area (Å²) in [5, 5.41) is 5.44. The number of rotatable bonds is 3. The van der Waals surface area contributed by atoms with E-state index in [4.69, 9.17) is 11.6 Å². The van der Waals surface area contributed by atoms with E-state index >= 15 is 0 Å². The van der Waals surface area contributed by atoms with Crippen molar-refractivity contribution in [3.63, 3.8) is 0 Å². The summed E-state index contributed by atoms with van der Waals surface area (Å²) < 4.78 is 27.4. The molecule has 0 aromatic carbocycles. The van der Waals surface area contributed by atoms with Crippen LogP contribution in [0, 0.1) is 0 Å². The van der Waals surface area contributed by atoms with Crippen LogP contribution in [-0.2, 0) is 11.8 Å². The average Bonchev–Trinajstić information content (AvgIpc) is 2.69. The number of nitrogens with zero attached hydrogens (tertiary/aromatic N) is 3. The van der Waals surface area contributed by atoms with E-state index in [-0.39, 0.29) is 5.69 Å². The molecule has 2 aromatic heterocycles. The molecular weight excluding hydrogens is 278 g/mol. The second-order valence-electron chi connectivity index (χ2n) is 4.00. The Kier molecular flexibility index (Phi) is 3.66. The number of alkyl halides is 3. The van der Waals surface area contributed by atoms with Gasteiger partial charge in [0, 0.05) is 7.05 Å². The normalized spacial score (nSPS) is 12.9. The van der Waals surface area contributed by atoms with Crippen molar-refractivity contribution in [2.24, 2.45) is 7.05 Å². The molecular formula is C11H11ClF2N4O. The van der Waals surface area contributed by atoms with Crippen LogP contribution in [0.3, 0.4) is 0 Å². The maximum atomic E-state index is 12.9. The lowest BCUT2D eigenvalue weighted by Gasteiger charge is -2.11. The number of aromatic nitrogens is 3. The summed E-state index contributed by atoms with van der Waals surface area (Å²) in [6.07, 6.45) is -1.41. The molecule has 0 saturated carbocycles. The topological polar surface area (TPSA) is 59.8 Å². The van der Waals surface area contributed by atoms with Crippen LogP contribution in [0.15, 0.2) is 12.3 Å². The van der Waals surface area contributed by atoms with E-state index in [1.807, 2.05) is 0 Å². The van der Waals surface area contributed by atoms with Crippen molar-refractivity contribution in [1.82, 2.24) is 14.8 Å². The molecule has 1 amide bonds. The zero-order valence-electron chi connectivity index (χ0n) is 10.2. The van der Waals surface area contributed by atoms with Gasteiger partial charge in [0.1, 0.15) is 16.6 Å². The molecule has 102 valence electrons. The van der Waals surface area contributed by atoms with Crippen LogP contribution in [0.1, 0.15) is 19.0 Å². The van der Waals surface area contributed by atoms with Gasteiger partial charge in [0.25, 0.3) is 6.43 Å². The number of nitrogens with one attached hydrogen (secondary N) is 1. The molecule has 1 unspecified atom stereocenters. The summed E-state index contributed by atoms with van der Waals surface area (Å²) in [5.41, 5.74) is 0.339. The van der Waals surface area contributed by atoms with Crippen LogP contribution in [0.25, 0.3) is 11.0 Å². The summed E-state index contributed by atoms with van der Waals surface area (Å²) in [6.45, 7) is 1.45. The number of anilines is 1.